The molecule has 1 heterocycles. The minimum atomic E-state index is -4.41. The molecule has 1 aromatic carbocycles. The summed E-state index contributed by atoms with van der Waals surface area (Å²) in [5.74, 6) is 0.491. The number of alkyl halides is 3. The Balaban J connectivity index is 2.67. The van der Waals surface area contributed by atoms with Crippen LogP contribution in [0.15, 0.2) is 16.6 Å². The number of hydrogen-bond donors (Lipinski definition) is 0. The summed E-state index contributed by atoms with van der Waals surface area (Å²) in [7, 11) is 1.46. The van der Waals surface area contributed by atoms with Gasteiger partial charge in [0.25, 0.3) is 0 Å². The molecule has 0 N–H and O–H groups in total. The van der Waals surface area contributed by atoms with Crippen molar-refractivity contribution >= 4 is 37.5 Å². The fourth-order valence-corrected chi connectivity index (χ4v) is 2.82. The monoisotopic (exact) mass is 311 g/mol. The first-order valence-corrected chi connectivity index (χ1v) is 5.74. The summed E-state index contributed by atoms with van der Waals surface area (Å²) in [6.07, 6.45) is -4.41. The lowest BCUT2D eigenvalue weighted by molar-refractivity contribution is -0.137. The summed E-state index contributed by atoms with van der Waals surface area (Å²) >= 11 is 3.80. The molecule has 0 aliphatic heterocycles. The second kappa shape index (κ2) is 3.89. The van der Waals surface area contributed by atoms with E-state index in [-0.39, 0.29) is 0 Å². The lowest BCUT2D eigenvalue weighted by Gasteiger charge is -2.01. The van der Waals surface area contributed by atoms with Crippen molar-refractivity contribution in [1.29, 1.82) is 0 Å². The highest BCUT2D eigenvalue weighted by Crippen LogP contribution is 2.41. The quantitative estimate of drug-likeness (QED) is 0.791. The van der Waals surface area contributed by atoms with Gasteiger partial charge in [-0.1, -0.05) is 0 Å². The highest BCUT2D eigenvalue weighted by molar-refractivity contribution is 9.10. The Bertz CT molecular complexity index is 537. The average Bonchev–Trinajstić information content (AvgIpc) is 2.62. The first-order chi connectivity index (χ1) is 7.43. The normalized spacial score (nSPS) is 12.1. The number of thiazole rings is 1. The van der Waals surface area contributed by atoms with Crippen LogP contribution in [0.5, 0.6) is 5.75 Å². The van der Waals surface area contributed by atoms with Crippen molar-refractivity contribution in [3.8, 4) is 5.75 Å². The minimum Gasteiger partial charge on any atom is -0.496 e. The molecule has 0 spiro atoms. The van der Waals surface area contributed by atoms with Gasteiger partial charge in [0.2, 0.25) is 0 Å². The topological polar surface area (TPSA) is 22.1 Å². The van der Waals surface area contributed by atoms with E-state index >= 15 is 0 Å². The van der Waals surface area contributed by atoms with Gasteiger partial charge in [-0.3, -0.25) is 0 Å². The van der Waals surface area contributed by atoms with Crippen LogP contribution < -0.4 is 4.74 Å². The Morgan fingerprint density at radius 2 is 2.06 bits per heavy atom. The lowest BCUT2D eigenvalue weighted by atomic mass is 10.3. The molecular formula is C9H5BrF3NOS. The van der Waals surface area contributed by atoms with Gasteiger partial charge >= 0.3 is 6.18 Å². The molecule has 86 valence electrons. The smallest absolute Gasteiger partial charge is 0.443 e. The summed E-state index contributed by atoms with van der Waals surface area (Å²) in [4.78, 5) is 3.53. The van der Waals surface area contributed by atoms with E-state index < -0.39 is 11.2 Å². The van der Waals surface area contributed by atoms with Gasteiger partial charge in [-0.15, -0.1) is 11.3 Å². The Kier molecular flexibility index (Phi) is 2.83. The number of benzene rings is 1. The molecule has 0 radical (unpaired) electrons. The molecule has 2 rings (SSSR count). The molecule has 2 aromatic rings. The van der Waals surface area contributed by atoms with Gasteiger partial charge in [0.05, 0.1) is 21.8 Å². The highest BCUT2D eigenvalue weighted by atomic mass is 79.9. The van der Waals surface area contributed by atoms with Crippen LogP contribution in [-0.4, -0.2) is 12.1 Å². The zero-order valence-electron chi connectivity index (χ0n) is 7.93. The van der Waals surface area contributed by atoms with Crippen LogP contribution in [0.3, 0.4) is 0 Å². The van der Waals surface area contributed by atoms with E-state index in [0.717, 1.165) is 0 Å². The highest BCUT2D eigenvalue weighted by Gasteiger charge is 2.35. The van der Waals surface area contributed by atoms with Crippen LogP contribution >= 0.6 is 27.3 Å². The Morgan fingerprint density at radius 3 is 2.62 bits per heavy atom. The number of nitrogens with zero attached hydrogens (tertiary/aromatic N) is 1. The summed E-state index contributed by atoms with van der Waals surface area (Å²) < 4.78 is 43.3. The third-order valence-corrected chi connectivity index (χ3v) is 4.11. The molecule has 2 nitrogen and oxygen atoms in total. The van der Waals surface area contributed by atoms with Crippen molar-refractivity contribution in [3.63, 3.8) is 0 Å². The summed E-state index contributed by atoms with van der Waals surface area (Å²) in [6, 6.07) is 3.08. The van der Waals surface area contributed by atoms with Gasteiger partial charge in [0.15, 0.2) is 5.01 Å². The molecule has 0 fully saturated rings. The average molecular weight is 312 g/mol. The number of halogens is 4. The molecule has 0 saturated carbocycles. The maximum Gasteiger partial charge on any atom is 0.443 e. The fraction of sp³-hybridized carbons (Fsp3) is 0.222. The molecular weight excluding hydrogens is 307 g/mol. The minimum absolute atomic E-state index is 0.310. The molecule has 0 atom stereocenters. The van der Waals surface area contributed by atoms with Crippen LogP contribution in [0.25, 0.3) is 10.2 Å². The molecule has 0 aliphatic carbocycles. The number of fused-ring (bicyclic) bond motifs is 1. The van der Waals surface area contributed by atoms with E-state index in [1.165, 1.54) is 13.2 Å². The summed E-state index contributed by atoms with van der Waals surface area (Å²) in [5, 5.41) is -0.851. The number of aromatic nitrogens is 1. The standard InChI is InChI=1S/C9H5BrF3NOS/c1-15-5-3-2-4-7(6(5)10)16-8(14-4)9(11,12)13/h2-3H,1H3. The number of rotatable bonds is 1. The molecule has 0 unspecified atom stereocenters. The van der Waals surface area contributed by atoms with Gasteiger partial charge in [0.1, 0.15) is 5.75 Å². The van der Waals surface area contributed by atoms with Gasteiger partial charge in [-0.25, -0.2) is 4.98 Å². The predicted molar refractivity (Wildman–Crippen MR) is 58.9 cm³/mol. The number of hydrogen-bond acceptors (Lipinski definition) is 3. The van der Waals surface area contributed by atoms with E-state index in [1.54, 1.807) is 6.07 Å². The molecule has 7 heteroatoms. The van der Waals surface area contributed by atoms with Gasteiger partial charge < -0.3 is 4.74 Å². The second-order valence-electron chi connectivity index (χ2n) is 2.95. The summed E-state index contributed by atoms with van der Waals surface area (Å²) in [5.41, 5.74) is 0.310. The van der Waals surface area contributed by atoms with Crippen LogP contribution in [-0.2, 0) is 6.18 Å². The van der Waals surface area contributed by atoms with Crippen molar-refractivity contribution in [3.05, 3.63) is 21.6 Å². The SMILES string of the molecule is COc1ccc2nc(C(F)(F)F)sc2c1Br. The van der Waals surface area contributed by atoms with Crippen LogP contribution in [0.2, 0.25) is 0 Å². The van der Waals surface area contributed by atoms with Crippen molar-refractivity contribution in [1.82, 2.24) is 4.98 Å². The molecule has 0 amide bonds. The zero-order valence-corrected chi connectivity index (χ0v) is 10.3. The first kappa shape index (κ1) is 11.7. The largest absolute Gasteiger partial charge is 0.496 e. The van der Waals surface area contributed by atoms with E-state index in [0.29, 0.717) is 31.8 Å². The van der Waals surface area contributed by atoms with Gasteiger partial charge in [0, 0.05) is 0 Å². The van der Waals surface area contributed by atoms with Crippen molar-refractivity contribution in [2.75, 3.05) is 7.11 Å². The number of ether oxygens (including phenoxy) is 1. The Morgan fingerprint density at radius 1 is 1.38 bits per heavy atom. The van der Waals surface area contributed by atoms with E-state index in [9.17, 15) is 13.2 Å². The molecule has 0 aliphatic rings. The molecule has 16 heavy (non-hydrogen) atoms. The van der Waals surface area contributed by atoms with E-state index in [2.05, 4.69) is 20.9 Å². The third-order valence-electron chi connectivity index (χ3n) is 1.92. The van der Waals surface area contributed by atoms with Crippen molar-refractivity contribution in [2.24, 2.45) is 0 Å². The maximum absolute atomic E-state index is 12.4. The molecule has 0 bridgehead atoms. The maximum atomic E-state index is 12.4. The van der Waals surface area contributed by atoms with E-state index in [4.69, 9.17) is 4.74 Å². The zero-order chi connectivity index (χ0) is 11.9. The second-order valence-corrected chi connectivity index (χ2v) is 4.74. The van der Waals surface area contributed by atoms with Crippen LogP contribution in [0.1, 0.15) is 5.01 Å². The number of methoxy groups -OCH3 is 1. The molecule has 1 aromatic heterocycles. The molecule has 0 saturated heterocycles. The lowest BCUT2D eigenvalue weighted by Crippen LogP contribution is -2.03. The van der Waals surface area contributed by atoms with E-state index in [1.807, 2.05) is 0 Å². The van der Waals surface area contributed by atoms with Gasteiger partial charge in [-0.2, -0.15) is 13.2 Å². The van der Waals surface area contributed by atoms with Crippen molar-refractivity contribution < 1.29 is 17.9 Å². The Labute approximate surface area is 101 Å². The van der Waals surface area contributed by atoms with Gasteiger partial charge in [-0.05, 0) is 28.1 Å². The first-order valence-electron chi connectivity index (χ1n) is 4.13. The third kappa shape index (κ3) is 1.89. The Hall–Kier alpha value is -0.820. The predicted octanol–water partition coefficient (Wildman–Crippen LogP) is 4.09. The van der Waals surface area contributed by atoms with Crippen molar-refractivity contribution in [2.45, 2.75) is 6.18 Å². The fourth-order valence-electron chi connectivity index (χ4n) is 1.22. The van der Waals surface area contributed by atoms with Crippen LogP contribution in [0.4, 0.5) is 13.2 Å². The summed E-state index contributed by atoms with van der Waals surface area (Å²) in [6.45, 7) is 0. The van der Waals surface area contributed by atoms with Crippen LogP contribution in [0, 0.1) is 0 Å².